The summed E-state index contributed by atoms with van der Waals surface area (Å²) in [5, 5.41) is 11.6. The van der Waals surface area contributed by atoms with Gasteiger partial charge in [0.25, 0.3) is 0 Å². The van der Waals surface area contributed by atoms with E-state index >= 15 is 0 Å². The fourth-order valence-electron chi connectivity index (χ4n) is 4.48. The van der Waals surface area contributed by atoms with E-state index in [1.165, 1.54) is 70.6 Å². The van der Waals surface area contributed by atoms with Crippen molar-refractivity contribution in [1.29, 1.82) is 0 Å². The van der Waals surface area contributed by atoms with Gasteiger partial charge in [0.15, 0.2) is 0 Å². The van der Waals surface area contributed by atoms with Gasteiger partial charge in [-0.3, -0.25) is 0 Å². The highest BCUT2D eigenvalue weighted by molar-refractivity contribution is 4.95. The summed E-state index contributed by atoms with van der Waals surface area (Å²) in [4.78, 5) is 0. The van der Waals surface area contributed by atoms with Crippen molar-refractivity contribution < 1.29 is 9.84 Å². The molecule has 23 heavy (non-hydrogen) atoms. The Morgan fingerprint density at radius 3 is 1.74 bits per heavy atom. The van der Waals surface area contributed by atoms with Gasteiger partial charge in [-0.2, -0.15) is 0 Å². The maximum atomic E-state index is 11.6. The normalized spacial score (nSPS) is 29.5. The fraction of sp³-hybridized carbons (Fsp3) is 0.952. The van der Waals surface area contributed by atoms with Gasteiger partial charge in [-0.25, -0.2) is 5.11 Å². The van der Waals surface area contributed by atoms with Crippen molar-refractivity contribution in [3.05, 3.63) is 6.92 Å². The molecule has 134 valence electrons. The van der Waals surface area contributed by atoms with Crippen LogP contribution in [0, 0.1) is 18.8 Å². The van der Waals surface area contributed by atoms with E-state index in [0.29, 0.717) is 17.9 Å². The summed E-state index contributed by atoms with van der Waals surface area (Å²) in [6.45, 7) is 4.81. The van der Waals surface area contributed by atoms with Crippen molar-refractivity contribution in [2.75, 3.05) is 6.61 Å². The van der Waals surface area contributed by atoms with Crippen LogP contribution >= 0.6 is 0 Å². The van der Waals surface area contributed by atoms with Gasteiger partial charge in [0.2, 0.25) is 0 Å². The zero-order valence-electron chi connectivity index (χ0n) is 15.1. The standard InChI is InChI=1S/C21H38O2/c1-2-3-4-5-6-7-8-9-10-11-12-13-14-23-21-17-18-15-19(21)16-20(18)22/h18-21H,1-17H2. The predicted octanol–water partition coefficient (Wildman–Crippen LogP) is 6.12. The number of hydrogen-bond acceptors (Lipinski definition) is 1. The molecule has 0 saturated heterocycles. The average Bonchev–Trinajstić information content (AvgIpc) is 3.11. The lowest BCUT2D eigenvalue weighted by Gasteiger charge is -2.24. The second kappa shape index (κ2) is 11.5. The van der Waals surface area contributed by atoms with Crippen molar-refractivity contribution in [1.82, 2.24) is 0 Å². The van der Waals surface area contributed by atoms with Crippen LogP contribution in [0.3, 0.4) is 0 Å². The molecular weight excluding hydrogens is 284 g/mol. The molecule has 0 aromatic rings. The first-order valence-corrected chi connectivity index (χ1v) is 10.4. The molecule has 0 amide bonds. The molecule has 4 atom stereocenters. The van der Waals surface area contributed by atoms with Crippen LogP contribution in [0.1, 0.15) is 96.3 Å². The van der Waals surface area contributed by atoms with Gasteiger partial charge >= 0.3 is 0 Å². The van der Waals surface area contributed by atoms with Crippen LogP contribution in [0.4, 0.5) is 0 Å². The lowest BCUT2D eigenvalue weighted by Crippen LogP contribution is -2.27. The van der Waals surface area contributed by atoms with Crippen LogP contribution in [0.5, 0.6) is 0 Å². The minimum Gasteiger partial charge on any atom is -0.378 e. The van der Waals surface area contributed by atoms with E-state index < -0.39 is 0 Å². The third-order valence-corrected chi connectivity index (χ3v) is 5.95. The first-order chi connectivity index (χ1) is 11.3. The van der Waals surface area contributed by atoms with Crippen molar-refractivity contribution in [2.45, 2.75) is 109 Å². The van der Waals surface area contributed by atoms with Gasteiger partial charge in [-0.1, -0.05) is 77.6 Å². The van der Waals surface area contributed by atoms with Crippen molar-refractivity contribution in [3.8, 4) is 0 Å². The van der Waals surface area contributed by atoms with E-state index in [9.17, 15) is 5.11 Å². The van der Waals surface area contributed by atoms with Crippen LogP contribution in [0.25, 0.3) is 0 Å². The summed E-state index contributed by atoms with van der Waals surface area (Å²) < 4.78 is 6.03. The second-order valence-corrected chi connectivity index (χ2v) is 7.92. The maximum absolute atomic E-state index is 11.6. The summed E-state index contributed by atoms with van der Waals surface area (Å²) in [5.74, 6) is 1.03. The fourth-order valence-corrected chi connectivity index (χ4v) is 4.48. The summed E-state index contributed by atoms with van der Waals surface area (Å²) in [5.41, 5.74) is 0. The minimum absolute atomic E-state index is 0.275. The van der Waals surface area contributed by atoms with E-state index in [4.69, 9.17) is 4.74 Å². The Kier molecular flexibility index (Phi) is 9.60. The van der Waals surface area contributed by atoms with Gasteiger partial charge in [-0.15, -0.1) is 0 Å². The number of hydrogen-bond donors (Lipinski definition) is 0. The highest BCUT2D eigenvalue weighted by atomic mass is 16.5. The van der Waals surface area contributed by atoms with E-state index in [-0.39, 0.29) is 6.10 Å². The first-order valence-electron chi connectivity index (χ1n) is 10.4. The molecular formula is C21H38O2. The summed E-state index contributed by atoms with van der Waals surface area (Å²) >= 11 is 0. The van der Waals surface area contributed by atoms with Gasteiger partial charge < -0.3 is 4.74 Å². The predicted molar refractivity (Wildman–Crippen MR) is 95.8 cm³/mol. The Balaban J connectivity index is 1.29. The van der Waals surface area contributed by atoms with Crippen LogP contribution in [0.15, 0.2) is 0 Å². The van der Waals surface area contributed by atoms with Gasteiger partial charge in [0, 0.05) is 6.61 Å². The van der Waals surface area contributed by atoms with Gasteiger partial charge in [-0.05, 0) is 37.5 Å². The number of unbranched alkanes of at least 4 members (excludes halogenated alkanes) is 11. The first kappa shape index (κ1) is 19.2. The molecule has 0 aliphatic heterocycles. The van der Waals surface area contributed by atoms with Gasteiger partial charge in [0.1, 0.15) is 0 Å². The Morgan fingerprint density at radius 1 is 0.696 bits per heavy atom. The van der Waals surface area contributed by atoms with Crippen molar-refractivity contribution in [2.24, 2.45) is 11.8 Å². The maximum Gasteiger partial charge on any atom is 0.0962 e. The van der Waals surface area contributed by atoms with E-state index in [0.717, 1.165) is 32.3 Å². The number of rotatable bonds is 14. The highest BCUT2D eigenvalue weighted by Gasteiger charge is 2.46. The average molecular weight is 323 g/mol. The lowest BCUT2D eigenvalue weighted by molar-refractivity contribution is -0.0317. The number of fused-ring (bicyclic) bond motifs is 2. The minimum atomic E-state index is -0.275. The molecule has 2 nitrogen and oxygen atoms in total. The molecule has 0 aromatic heterocycles. The highest BCUT2D eigenvalue weighted by Crippen LogP contribution is 2.46. The second-order valence-electron chi connectivity index (χ2n) is 7.92. The summed E-state index contributed by atoms with van der Waals surface area (Å²) in [6.07, 6.45) is 19.4. The van der Waals surface area contributed by atoms with Crippen LogP contribution < -0.4 is 0 Å². The molecule has 2 radical (unpaired) electrons. The molecule has 2 fully saturated rings. The number of ether oxygens (including phenoxy) is 1. The Labute approximate surface area is 144 Å². The summed E-state index contributed by atoms with van der Waals surface area (Å²) in [6, 6.07) is 0. The zero-order valence-corrected chi connectivity index (χ0v) is 15.1. The van der Waals surface area contributed by atoms with E-state index in [1.54, 1.807) is 0 Å². The molecule has 2 saturated carbocycles. The van der Waals surface area contributed by atoms with Gasteiger partial charge in [0.05, 0.1) is 12.2 Å². The molecule has 2 heteroatoms. The lowest BCUT2D eigenvalue weighted by atomic mass is 9.95. The molecule has 2 aliphatic carbocycles. The van der Waals surface area contributed by atoms with E-state index in [1.807, 2.05) is 0 Å². The van der Waals surface area contributed by atoms with Crippen LogP contribution in [0.2, 0.25) is 0 Å². The molecule has 0 aromatic carbocycles. The molecule has 2 bridgehead atoms. The Hall–Kier alpha value is -0.0800. The third-order valence-electron chi connectivity index (χ3n) is 5.95. The topological polar surface area (TPSA) is 29.1 Å². The quantitative estimate of drug-likeness (QED) is 0.354. The zero-order chi connectivity index (χ0) is 16.3. The largest absolute Gasteiger partial charge is 0.378 e. The summed E-state index contributed by atoms with van der Waals surface area (Å²) in [7, 11) is 0. The molecule has 0 N–H and O–H groups in total. The molecule has 0 spiro atoms. The van der Waals surface area contributed by atoms with E-state index in [2.05, 4.69) is 6.92 Å². The van der Waals surface area contributed by atoms with Crippen LogP contribution in [-0.2, 0) is 9.84 Å². The molecule has 2 aliphatic rings. The smallest absolute Gasteiger partial charge is 0.0962 e. The SMILES string of the molecule is [CH2]CCCCCCCCCCCCCOC1CC2CC1CC2[O]. The van der Waals surface area contributed by atoms with Crippen LogP contribution in [-0.4, -0.2) is 18.8 Å². The third kappa shape index (κ3) is 7.13. The monoisotopic (exact) mass is 322 g/mol. The van der Waals surface area contributed by atoms with Crippen molar-refractivity contribution in [3.63, 3.8) is 0 Å². The Morgan fingerprint density at radius 2 is 1.26 bits per heavy atom. The molecule has 0 heterocycles. The molecule has 4 unspecified atom stereocenters. The Bertz CT molecular complexity index is 290. The molecule has 2 rings (SSSR count). The van der Waals surface area contributed by atoms with Crippen molar-refractivity contribution >= 4 is 0 Å².